The molecule has 1 aliphatic heterocycles. The molecule has 0 radical (unpaired) electrons. The normalized spacial score (nSPS) is 38.7. The molecule has 1 atom stereocenters. The highest BCUT2D eigenvalue weighted by atomic mass is 35.5. The second-order valence-corrected chi connectivity index (χ2v) is 8.81. The van der Waals surface area contributed by atoms with Crippen molar-refractivity contribution in [1.29, 1.82) is 0 Å². The Morgan fingerprint density at radius 1 is 1.04 bits per heavy atom. The molecule has 0 aromatic carbocycles. The van der Waals surface area contributed by atoms with E-state index in [4.69, 9.17) is 0 Å². The molecule has 4 saturated carbocycles. The third kappa shape index (κ3) is 4.13. The molecule has 4 bridgehead atoms. The van der Waals surface area contributed by atoms with Crippen molar-refractivity contribution in [2.75, 3.05) is 19.6 Å². The Labute approximate surface area is 156 Å². The van der Waals surface area contributed by atoms with Gasteiger partial charge in [0.15, 0.2) is 0 Å². The second-order valence-electron chi connectivity index (χ2n) is 8.81. The highest BCUT2D eigenvalue weighted by Gasteiger charge is 2.54. The van der Waals surface area contributed by atoms with Gasteiger partial charge in [-0.25, -0.2) is 0 Å². The van der Waals surface area contributed by atoms with Crippen LogP contribution < -0.4 is 16.0 Å². The molecule has 0 aromatic heterocycles. The fraction of sp³-hybridized carbons (Fsp3) is 0.895. The van der Waals surface area contributed by atoms with Gasteiger partial charge in [0.2, 0.25) is 11.8 Å². The molecule has 0 unspecified atom stereocenters. The lowest BCUT2D eigenvalue weighted by Gasteiger charge is -2.55. The van der Waals surface area contributed by atoms with E-state index < -0.39 is 0 Å². The monoisotopic (exact) mass is 369 g/mol. The molecule has 142 valence electrons. The van der Waals surface area contributed by atoms with E-state index in [1.807, 2.05) is 0 Å². The van der Waals surface area contributed by atoms with Crippen LogP contribution in [0.1, 0.15) is 57.8 Å². The summed E-state index contributed by atoms with van der Waals surface area (Å²) in [7, 11) is 0. The van der Waals surface area contributed by atoms with E-state index in [9.17, 15) is 9.59 Å². The minimum absolute atomic E-state index is 0. The molecule has 6 heteroatoms. The molecule has 3 N–H and O–H groups in total. The molecule has 1 heterocycles. The molecule has 4 aliphatic carbocycles. The van der Waals surface area contributed by atoms with Crippen molar-refractivity contribution in [3.05, 3.63) is 0 Å². The zero-order valence-electron chi connectivity index (χ0n) is 15.0. The molecule has 1 saturated heterocycles. The zero-order chi connectivity index (χ0) is 16.6. The highest BCUT2D eigenvalue weighted by Crippen LogP contribution is 2.60. The summed E-state index contributed by atoms with van der Waals surface area (Å²) in [6, 6.07) is 0.255. The van der Waals surface area contributed by atoms with Crippen molar-refractivity contribution in [2.24, 2.45) is 23.2 Å². The number of rotatable bonds is 5. The molecule has 5 fully saturated rings. The summed E-state index contributed by atoms with van der Waals surface area (Å²) in [5.41, 5.74) is -0.0987. The van der Waals surface area contributed by atoms with Gasteiger partial charge in [-0.15, -0.1) is 12.4 Å². The molecule has 2 amide bonds. The average molecular weight is 370 g/mol. The minimum Gasteiger partial charge on any atom is -0.355 e. The van der Waals surface area contributed by atoms with Crippen LogP contribution in [-0.4, -0.2) is 37.5 Å². The fourth-order valence-electron chi connectivity index (χ4n) is 6.14. The number of carbonyl (C=O) groups is 2. The van der Waals surface area contributed by atoms with Crippen LogP contribution in [0.2, 0.25) is 0 Å². The van der Waals surface area contributed by atoms with E-state index in [-0.39, 0.29) is 35.7 Å². The number of halogens is 1. The van der Waals surface area contributed by atoms with Crippen molar-refractivity contribution in [3.8, 4) is 0 Å². The van der Waals surface area contributed by atoms with Crippen molar-refractivity contribution in [3.63, 3.8) is 0 Å². The third-order valence-corrected chi connectivity index (χ3v) is 6.82. The summed E-state index contributed by atoms with van der Waals surface area (Å²) in [4.78, 5) is 24.9. The van der Waals surface area contributed by atoms with Gasteiger partial charge in [-0.1, -0.05) is 0 Å². The van der Waals surface area contributed by atoms with Crippen LogP contribution in [0.5, 0.6) is 0 Å². The van der Waals surface area contributed by atoms with Gasteiger partial charge in [-0.2, -0.15) is 0 Å². The van der Waals surface area contributed by atoms with Crippen LogP contribution in [-0.2, 0) is 9.59 Å². The van der Waals surface area contributed by atoms with Crippen molar-refractivity contribution < 1.29 is 9.59 Å². The Morgan fingerprint density at radius 2 is 1.68 bits per heavy atom. The van der Waals surface area contributed by atoms with Crippen LogP contribution in [0.4, 0.5) is 0 Å². The molecule has 5 rings (SSSR count). The topological polar surface area (TPSA) is 70.2 Å². The van der Waals surface area contributed by atoms with Crippen LogP contribution >= 0.6 is 12.4 Å². The molecule has 5 nitrogen and oxygen atoms in total. The van der Waals surface area contributed by atoms with E-state index in [1.54, 1.807) is 0 Å². The average Bonchev–Trinajstić information content (AvgIpc) is 2.54. The van der Waals surface area contributed by atoms with Gasteiger partial charge in [0, 0.05) is 31.0 Å². The molecular formula is C19H32ClN3O2. The smallest absolute Gasteiger partial charge is 0.226 e. The van der Waals surface area contributed by atoms with Gasteiger partial charge in [-0.3, -0.25) is 9.59 Å². The Bertz CT molecular complexity index is 470. The molecule has 25 heavy (non-hydrogen) atoms. The maximum absolute atomic E-state index is 12.8. The van der Waals surface area contributed by atoms with E-state index in [0.717, 1.165) is 62.9 Å². The van der Waals surface area contributed by atoms with Crippen LogP contribution in [0.3, 0.4) is 0 Å². The number of nitrogens with one attached hydrogen (secondary N) is 3. The lowest BCUT2D eigenvalue weighted by molar-refractivity contribution is -0.146. The maximum atomic E-state index is 12.8. The standard InChI is InChI=1S/C19H31N3O2.ClH/c23-17(22-16-2-1-4-20-12-16)3-5-21-18(24)19-9-13-6-14(10-19)8-15(7-13)11-19;/h13-16,20H,1-12H2,(H,21,24)(H,22,23);1H/t13?,14?,15?,16-,19?;/m0./s1. The third-order valence-electron chi connectivity index (χ3n) is 6.82. The Hall–Kier alpha value is -0.810. The highest BCUT2D eigenvalue weighted by molar-refractivity contribution is 5.85. The van der Waals surface area contributed by atoms with Crippen LogP contribution in [0.15, 0.2) is 0 Å². The first-order valence-electron chi connectivity index (χ1n) is 9.91. The van der Waals surface area contributed by atoms with E-state index in [0.29, 0.717) is 13.0 Å². The fourth-order valence-corrected chi connectivity index (χ4v) is 6.14. The Morgan fingerprint density at radius 3 is 2.24 bits per heavy atom. The van der Waals surface area contributed by atoms with Gasteiger partial charge in [0.25, 0.3) is 0 Å². The van der Waals surface area contributed by atoms with Crippen molar-refractivity contribution in [1.82, 2.24) is 16.0 Å². The number of carbonyl (C=O) groups excluding carboxylic acids is 2. The Balaban J connectivity index is 0.00000182. The summed E-state index contributed by atoms with van der Waals surface area (Å²) >= 11 is 0. The number of hydrogen-bond acceptors (Lipinski definition) is 3. The largest absolute Gasteiger partial charge is 0.355 e. The summed E-state index contributed by atoms with van der Waals surface area (Å²) in [5, 5.41) is 9.47. The first kappa shape index (κ1) is 19.0. The van der Waals surface area contributed by atoms with Gasteiger partial charge in [0.05, 0.1) is 0 Å². The molecule has 5 aliphatic rings. The number of piperidine rings is 1. The van der Waals surface area contributed by atoms with Crippen LogP contribution in [0, 0.1) is 23.2 Å². The number of amides is 2. The summed E-state index contributed by atoms with van der Waals surface area (Å²) < 4.78 is 0. The van der Waals surface area contributed by atoms with Crippen LogP contribution in [0.25, 0.3) is 0 Å². The van der Waals surface area contributed by atoms with E-state index in [2.05, 4.69) is 16.0 Å². The predicted molar refractivity (Wildman–Crippen MR) is 99.5 cm³/mol. The number of hydrogen-bond donors (Lipinski definition) is 3. The van der Waals surface area contributed by atoms with Gasteiger partial charge >= 0.3 is 0 Å². The lowest BCUT2D eigenvalue weighted by Crippen LogP contribution is -2.54. The summed E-state index contributed by atoms with van der Waals surface area (Å²) in [5.74, 6) is 2.64. The van der Waals surface area contributed by atoms with E-state index >= 15 is 0 Å². The second kappa shape index (κ2) is 7.83. The van der Waals surface area contributed by atoms with Crippen molar-refractivity contribution in [2.45, 2.75) is 63.8 Å². The Kier molecular flexibility index (Phi) is 5.94. The van der Waals surface area contributed by atoms with Gasteiger partial charge in [-0.05, 0) is 75.7 Å². The van der Waals surface area contributed by atoms with E-state index in [1.165, 1.54) is 19.3 Å². The first-order chi connectivity index (χ1) is 11.6. The van der Waals surface area contributed by atoms with Gasteiger partial charge < -0.3 is 16.0 Å². The quantitative estimate of drug-likeness (QED) is 0.694. The predicted octanol–water partition coefficient (Wildman–Crippen LogP) is 2.00. The SMILES string of the molecule is Cl.O=C(CCNC(=O)C12CC3CC(CC(C3)C1)C2)N[C@H]1CCCNC1. The first-order valence-corrected chi connectivity index (χ1v) is 9.91. The van der Waals surface area contributed by atoms with Crippen molar-refractivity contribution >= 4 is 24.2 Å². The molecule has 0 spiro atoms. The van der Waals surface area contributed by atoms with Gasteiger partial charge in [0.1, 0.15) is 0 Å². The minimum atomic E-state index is -0.0987. The molecular weight excluding hydrogens is 338 g/mol. The summed E-state index contributed by atoms with van der Waals surface area (Å²) in [6.07, 6.45) is 9.89. The lowest BCUT2D eigenvalue weighted by atomic mass is 9.49. The molecule has 0 aromatic rings. The summed E-state index contributed by atoms with van der Waals surface area (Å²) in [6.45, 7) is 2.39. The maximum Gasteiger partial charge on any atom is 0.226 e. The zero-order valence-corrected chi connectivity index (χ0v) is 15.8.